The topological polar surface area (TPSA) is 24.5 Å². The standard InChI is InChI=1S/C14H15F3N2O/c15-14(16,17)20-13-6-2-1-4-12(13)5-3-9-19-10-7-18-8-11-19/h1-2,4,6,18H,7-11H2. The van der Waals surface area contributed by atoms with E-state index in [1.165, 1.54) is 18.2 Å². The van der Waals surface area contributed by atoms with Gasteiger partial charge in [0.1, 0.15) is 5.75 Å². The second-order valence-corrected chi connectivity index (χ2v) is 4.37. The second-order valence-electron chi connectivity index (χ2n) is 4.37. The van der Waals surface area contributed by atoms with Gasteiger partial charge >= 0.3 is 6.36 Å². The zero-order valence-corrected chi connectivity index (χ0v) is 10.8. The van der Waals surface area contributed by atoms with Gasteiger partial charge in [0.25, 0.3) is 0 Å². The highest BCUT2D eigenvalue weighted by atomic mass is 19.4. The van der Waals surface area contributed by atoms with Crippen LogP contribution in [-0.4, -0.2) is 44.0 Å². The first-order chi connectivity index (χ1) is 9.54. The fourth-order valence-corrected chi connectivity index (χ4v) is 1.90. The largest absolute Gasteiger partial charge is 0.573 e. The van der Waals surface area contributed by atoms with Crippen molar-refractivity contribution in [3.05, 3.63) is 29.8 Å². The molecule has 1 aliphatic rings. The lowest BCUT2D eigenvalue weighted by atomic mass is 10.2. The predicted octanol–water partition coefficient (Wildman–Crippen LogP) is 1.84. The summed E-state index contributed by atoms with van der Waals surface area (Å²) in [6, 6.07) is 5.91. The first-order valence-electron chi connectivity index (χ1n) is 6.31. The van der Waals surface area contributed by atoms with Crippen LogP contribution in [0.25, 0.3) is 0 Å². The highest BCUT2D eigenvalue weighted by molar-refractivity contribution is 5.46. The first kappa shape index (κ1) is 14.7. The maximum absolute atomic E-state index is 12.2. The molecule has 1 aromatic carbocycles. The number of nitrogens with zero attached hydrogens (tertiary/aromatic N) is 1. The van der Waals surface area contributed by atoms with Crippen LogP contribution in [0, 0.1) is 11.8 Å². The molecule has 1 heterocycles. The Morgan fingerprint density at radius 3 is 2.60 bits per heavy atom. The van der Waals surface area contributed by atoms with Crippen molar-refractivity contribution >= 4 is 0 Å². The van der Waals surface area contributed by atoms with E-state index in [9.17, 15) is 13.2 Å². The average molecular weight is 284 g/mol. The molecule has 6 heteroatoms. The third kappa shape index (κ3) is 4.76. The van der Waals surface area contributed by atoms with E-state index >= 15 is 0 Å². The molecule has 0 amide bonds. The molecule has 3 nitrogen and oxygen atoms in total. The average Bonchev–Trinajstić information content (AvgIpc) is 2.40. The Morgan fingerprint density at radius 2 is 1.90 bits per heavy atom. The third-order valence-electron chi connectivity index (χ3n) is 2.85. The van der Waals surface area contributed by atoms with E-state index in [2.05, 4.69) is 26.8 Å². The molecule has 0 saturated carbocycles. The molecule has 0 radical (unpaired) electrons. The van der Waals surface area contributed by atoms with Crippen LogP contribution in [-0.2, 0) is 0 Å². The Labute approximate surface area is 115 Å². The molecule has 108 valence electrons. The molecular formula is C14H15F3N2O. The van der Waals surface area contributed by atoms with Crippen molar-refractivity contribution in [2.45, 2.75) is 6.36 Å². The summed E-state index contributed by atoms with van der Waals surface area (Å²) < 4.78 is 40.7. The van der Waals surface area contributed by atoms with E-state index in [0.29, 0.717) is 6.54 Å². The maximum atomic E-state index is 12.2. The number of rotatable bonds is 2. The Balaban J connectivity index is 2.01. The zero-order chi connectivity index (χ0) is 14.4. The highest BCUT2D eigenvalue weighted by Gasteiger charge is 2.31. The van der Waals surface area contributed by atoms with E-state index in [4.69, 9.17) is 0 Å². The molecule has 1 saturated heterocycles. The van der Waals surface area contributed by atoms with Crippen LogP contribution in [0.4, 0.5) is 13.2 Å². The molecular weight excluding hydrogens is 269 g/mol. The Morgan fingerprint density at radius 1 is 1.20 bits per heavy atom. The second kappa shape index (κ2) is 6.64. The number of para-hydroxylation sites is 1. The van der Waals surface area contributed by atoms with Gasteiger partial charge in [-0.3, -0.25) is 4.90 Å². The molecule has 1 fully saturated rings. The van der Waals surface area contributed by atoms with Crippen LogP contribution in [0.5, 0.6) is 5.75 Å². The number of hydrogen-bond donors (Lipinski definition) is 1. The van der Waals surface area contributed by atoms with Gasteiger partial charge in [0, 0.05) is 26.2 Å². The van der Waals surface area contributed by atoms with Gasteiger partial charge in [-0.25, -0.2) is 0 Å². The molecule has 0 unspecified atom stereocenters. The quantitative estimate of drug-likeness (QED) is 0.839. The summed E-state index contributed by atoms with van der Waals surface area (Å²) in [7, 11) is 0. The van der Waals surface area contributed by atoms with Gasteiger partial charge in [0.2, 0.25) is 0 Å². The van der Waals surface area contributed by atoms with Crippen LogP contribution < -0.4 is 10.1 Å². The van der Waals surface area contributed by atoms with Gasteiger partial charge < -0.3 is 10.1 Å². The number of ether oxygens (including phenoxy) is 1. The molecule has 1 aromatic rings. The van der Waals surface area contributed by atoms with Gasteiger partial charge in [-0.1, -0.05) is 24.0 Å². The number of hydrogen-bond acceptors (Lipinski definition) is 3. The molecule has 0 atom stereocenters. The molecule has 0 aliphatic carbocycles. The van der Waals surface area contributed by atoms with E-state index in [1.54, 1.807) is 6.07 Å². The fraction of sp³-hybridized carbons (Fsp3) is 0.429. The Hall–Kier alpha value is -1.71. The van der Waals surface area contributed by atoms with Crippen LogP contribution in [0.1, 0.15) is 5.56 Å². The molecule has 1 aliphatic heterocycles. The van der Waals surface area contributed by atoms with Crippen molar-refractivity contribution in [2.24, 2.45) is 0 Å². The zero-order valence-electron chi connectivity index (χ0n) is 10.8. The first-order valence-corrected chi connectivity index (χ1v) is 6.31. The SMILES string of the molecule is FC(F)(F)Oc1ccccc1C#CCN1CCNCC1. The monoisotopic (exact) mass is 284 g/mol. The number of benzene rings is 1. The summed E-state index contributed by atoms with van der Waals surface area (Å²) in [4.78, 5) is 2.15. The van der Waals surface area contributed by atoms with Crippen molar-refractivity contribution < 1.29 is 17.9 Å². The van der Waals surface area contributed by atoms with Crippen molar-refractivity contribution in [1.82, 2.24) is 10.2 Å². The lowest BCUT2D eigenvalue weighted by molar-refractivity contribution is -0.274. The van der Waals surface area contributed by atoms with Gasteiger partial charge in [0.15, 0.2) is 0 Å². The summed E-state index contributed by atoms with van der Waals surface area (Å²) in [5, 5.41) is 3.22. The third-order valence-corrected chi connectivity index (χ3v) is 2.85. The van der Waals surface area contributed by atoms with Crippen LogP contribution in [0.3, 0.4) is 0 Å². The van der Waals surface area contributed by atoms with Crippen LogP contribution in [0.15, 0.2) is 24.3 Å². The van der Waals surface area contributed by atoms with E-state index < -0.39 is 6.36 Å². The van der Waals surface area contributed by atoms with Crippen molar-refractivity contribution in [1.29, 1.82) is 0 Å². The highest BCUT2D eigenvalue weighted by Crippen LogP contribution is 2.25. The molecule has 20 heavy (non-hydrogen) atoms. The Bertz CT molecular complexity index is 499. The minimum atomic E-state index is -4.70. The summed E-state index contributed by atoms with van der Waals surface area (Å²) in [6.07, 6.45) is -4.70. The normalized spacial score (nSPS) is 16.4. The van der Waals surface area contributed by atoms with Crippen molar-refractivity contribution in [3.63, 3.8) is 0 Å². The van der Waals surface area contributed by atoms with E-state index in [0.717, 1.165) is 26.2 Å². The summed E-state index contributed by atoms with van der Waals surface area (Å²) in [5.41, 5.74) is 0.250. The fourth-order valence-electron chi connectivity index (χ4n) is 1.90. The van der Waals surface area contributed by atoms with Crippen LogP contribution >= 0.6 is 0 Å². The summed E-state index contributed by atoms with van der Waals surface area (Å²) >= 11 is 0. The summed E-state index contributed by atoms with van der Waals surface area (Å²) in [6.45, 7) is 4.16. The molecule has 0 spiro atoms. The molecule has 2 rings (SSSR count). The molecule has 0 bridgehead atoms. The van der Waals surface area contributed by atoms with E-state index in [-0.39, 0.29) is 11.3 Å². The molecule has 0 aromatic heterocycles. The molecule has 1 N–H and O–H groups in total. The van der Waals surface area contributed by atoms with Gasteiger partial charge in [-0.15, -0.1) is 13.2 Å². The minimum absolute atomic E-state index is 0.250. The smallest absolute Gasteiger partial charge is 0.404 e. The summed E-state index contributed by atoms with van der Waals surface area (Å²) in [5.74, 6) is 5.39. The number of piperazine rings is 1. The van der Waals surface area contributed by atoms with Gasteiger partial charge in [0.05, 0.1) is 12.1 Å². The van der Waals surface area contributed by atoms with Crippen LogP contribution in [0.2, 0.25) is 0 Å². The lowest BCUT2D eigenvalue weighted by Gasteiger charge is -2.24. The number of nitrogens with one attached hydrogen (secondary N) is 1. The number of halogens is 3. The van der Waals surface area contributed by atoms with Crippen molar-refractivity contribution in [2.75, 3.05) is 32.7 Å². The van der Waals surface area contributed by atoms with Gasteiger partial charge in [-0.2, -0.15) is 0 Å². The minimum Gasteiger partial charge on any atom is -0.404 e. The maximum Gasteiger partial charge on any atom is 0.573 e. The van der Waals surface area contributed by atoms with E-state index in [1.807, 2.05) is 0 Å². The lowest BCUT2D eigenvalue weighted by Crippen LogP contribution is -2.43. The van der Waals surface area contributed by atoms with Gasteiger partial charge in [-0.05, 0) is 12.1 Å². The predicted molar refractivity (Wildman–Crippen MR) is 69.3 cm³/mol. The Kier molecular flexibility index (Phi) is 4.88. The van der Waals surface area contributed by atoms with Crippen molar-refractivity contribution in [3.8, 4) is 17.6 Å². The number of alkyl halides is 3.